The highest BCUT2D eigenvalue weighted by Gasteiger charge is 2.17. The summed E-state index contributed by atoms with van der Waals surface area (Å²) < 4.78 is 12.6. The Morgan fingerprint density at radius 2 is 1.89 bits per heavy atom. The van der Waals surface area contributed by atoms with Crippen molar-refractivity contribution in [3.63, 3.8) is 0 Å². The highest BCUT2D eigenvalue weighted by atomic mass is 32.2. The number of fused-ring (bicyclic) bond motifs is 1. The number of nitrogens with zero attached hydrogens (tertiary/aromatic N) is 3. The number of ether oxygens (including phenoxy) is 2. The molecule has 8 heteroatoms. The van der Waals surface area contributed by atoms with E-state index in [-0.39, 0.29) is 5.91 Å². The van der Waals surface area contributed by atoms with Crippen molar-refractivity contribution in [1.82, 2.24) is 14.9 Å². The van der Waals surface area contributed by atoms with Crippen LogP contribution in [0.2, 0.25) is 0 Å². The smallest absolute Gasteiger partial charge is 0.270 e. The maximum absolute atomic E-state index is 12.7. The van der Waals surface area contributed by atoms with Crippen LogP contribution in [0.25, 0.3) is 0 Å². The van der Waals surface area contributed by atoms with Crippen LogP contribution in [-0.4, -0.2) is 34.0 Å². The second-order valence-corrected chi connectivity index (χ2v) is 6.88. The molecule has 1 amide bonds. The summed E-state index contributed by atoms with van der Waals surface area (Å²) in [6.45, 7) is 2.78. The maximum atomic E-state index is 12.7. The second-order valence-electron chi connectivity index (χ2n) is 5.94. The second kappa shape index (κ2) is 7.71. The average molecular weight is 382 g/mol. The van der Waals surface area contributed by atoms with E-state index < -0.39 is 0 Å². The van der Waals surface area contributed by atoms with Gasteiger partial charge in [-0.3, -0.25) is 10.2 Å². The molecule has 1 N–H and O–H groups in total. The summed E-state index contributed by atoms with van der Waals surface area (Å²) >= 11 is 1.51. The number of benzene rings is 2. The minimum Gasteiger partial charge on any atom is -0.486 e. The van der Waals surface area contributed by atoms with E-state index in [1.54, 1.807) is 29.8 Å². The molecule has 0 radical (unpaired) electrons. The van der Waals surface area contributed by atoms with Gasteiger partial charge in [-0.25, -0.2) is 4.68 Å². The van der Waals surface area contributed by atoms with Crippen molar-refractivity contribution in [3.05, 3.63) is 65.5 Å². The molecule has 138 valence electrons. The van der Waals surface area contributed by atoms with Crippen molar-refractivity contribution in [2.45, 2.75) is 17.8 Å². The minimum atomic E-state index is -0.267. The highest BCUT2D eigenvalue weighted by molar-refractivity contribution is 7.98. The molecule has 0 atom stereocenters. The highest BCUT2D eigenvalue weighted by Crippen LogP contribution is 2.31. The third-order valence-corrected chi connectivity index (χ3v) is 5.02. The summed E-state index contributed by atoms with van der Waals surface area (Å²) in [5.41, 5.74) is 4.51. The van der Waals surface area contributed by atoms with Crippen molar-refractivity contribution < 1.29 is 14.3 Å². The summed E-state index contributed by atoms with van der Waals surface area (Å²) in [6, 6.07) is 15.2. The Labute approximate surface area is 160 Å². The molecule has 0 unspecified atom stereocenters. The zero-order valence-electron chi connectivity index (χ0n) is 14.7. The number of nitrogens with one attached hydrogen (secondary N) is 1. The summed E-state index contributed by atoms with van der Waals surface area (Å²) in [5.74, 6) is 2.30. The van der Waals surface area contributed by atoms with Crippen LogP contribution in [0.3, 0.4) is 0 Å². The zero-order chi connectivity index (χ0) is 18.6. The molecule has 1 aliphatic rings. The molecule has 7 nitrogen and oxygen atoms in total. The van der Waals surface area contributed by atoms with E-state index in [2.05, 4.69) is 15.6 Å². The topological polar surface area (TPSA) is 78.3 Å². The molecule has 0 saturated carbocycles. The van der Waals surface area contributed by atoms with E-state index in [4.69, 9.17) is 9.47 Å². The van der Waals surface area contributed by atoms with Gasteiger partial charge in [-0.1, -0.05) is 42.1 Å². The van der Waals surface area contributed by atoms with E-state index in [0.29, 0.717) is 41.3 Å². The third kappa shape index (κ3) is 3.90. The van der Waals surface area contributed by atoms with Gasteiger partial charge in [0.15, 0.2) is 11.5 Å². The number of thioether (sulfide) groups is 1. The van der Waals surface area contributed by atoms with Gasteiger partial charge in [0.2, 0.25) is 5.16 Å². The third-order valence-electron chi connectivity index (χ3n) is 4.02. The number of hydrogen-bond donors (Lipinski definition) is 1. The summed E-state index contributed by atoms with van der Waals surface area (Å²) in [7, 11) is 0. The first-order valence-electron chi connectivity index (χ1n) is 8.50. The molecule has 2 aromatic carbocycles. The average Bonchev–Trinajstić information content (AvgIpc) is 3.06. The number of rotatable bonds is 5. The lowest BCUT2D eigenvalue weighted by atomic mass is 10.2. The number of amides is 1. The number of carbonyl (C=O) groups excluding carboxylic acids is 1. The zero-order valence-corrected chi connectivity index (χ0v) is 15.5. The van der Waals surface area contributed by atoms with Gasteiger partial charge in [0.1, 0.15) is 19.0 Å². The van der Waals surface area contributed by atoms with Gasteiger partial charge in [-0.2, -0.15) is 0 Å². The normalized spacial score (nSPS) is 12.6. The SMILES string of the molecule is Cc1nnc(SCc2ccccc2)n1NC(=O)c1ccc2c(c1)OCCO2. The van der Waals surface area contributed by atoms with Gasteiger partial charge in [-0.15, -0.1) is 10.2 Å². The molecule has 0 fully saturated rings. The van der Waals surface area contributed by atoms with Crippen LogP contribution in [0, 0.1) is 6.92 Å². The van der Waals surface area contributed by atoms with E-state index in [1.807, 2.05) is 30.3 Å². The van der Waals surface area contributed by atoms with E-state index in [9.17, 15) is 4.79 Å². The Hall–Kier alpha value is -3.00. The maximum Gasteiger partial charge on any atom is 0.270 e. The molecular weight excluding hydrogens is 364 g/mol. The summed E-state index contributed by atoms with van der Waals surface area (Å²) in [4.78, 5) is 12.7. The molecule has 27 heavy (non-hydrogen) atoms. The summed E-state index contributed by atoms with van der Waals surface area (Å²) in [5, 5.41) is 8.87. The van der Waals surface area contributed by atoms with Crippen LogP contribution >= 0.6 is 11.8 Å². The van der Waals surface area contributed by atoms with E-state index >= 15 is 0 Å². The van der Waals surface area contributed by atoms with Gasteiger partial charge in [-0.05, 0) is 30.7 Å². The fraction of sp³-hybridized carbons (Fsp3) is 0.211. The van der Waals surface area contributed by atoms with Crippen LogP contribution in [0.4, 0.5) is 0 Å². The number of carbonyl (C=O) groups is 1. The van der Waals surface area contributed by atoms with Gasteiger partial charge in [0.25, 0.3) is 5.91 Å². The standard InChI is InChI=1S/C19H18N4O3S/c1-13-20-21-19(27-12-14-5-3-2-4-6-14)23(13)22-18(24)15-7-8-16-17(11-15)26-10-9-25-16/h2-8,11H,9-10,12H2,1H3,(H,22,24). The Balaban J connectivity index is 1.49. The van der Waals surface area contributed by atoms with Crippen molar-refractivity contribution in [2.75, 3.05) is 18.6 Å². The van der Waals surface area contributed by atoms with Gasteiger partial charge >= 0.3 is 0 Å². The number of aryl methyl sites for hydroxylation is 1. The Morgan fingerprint density at radius 1 is 1.11 bits per heavy atom. The molecule has 1 aliphatic heterocycles. The summed E-state index contributed by atoms with van der Waals surface area (Å²) in [6.07, 6.45) is 0. The molecular formula is C19H18N4O3S. The van der Waals surface area contributed by atoms with Crippen molar-refractivity contribution in [3.8, 4) is 11.5 Å². The first kappa shape index (κ1) is 17.4. The molecule has 0 aliphatic carbocycles. The number of hydrogen-bond acceptors (Lipinski definition) is 6. The van der Waals surface area contributed by atoms with Gasteiger partial charge in [0, 0.05) is 11.3 Å². The molecule has 2 heterocycles. The van der Waals surface area contributed by atoms with Crippen LogP contribution in [0.5, 0.6) is 11.5 Å². The molecule has 4 rings (SSSR count). The monoisotopic (exact) mass is 382 g/mol. The van der Waals surface area contributed by atoms with E-state index in [0.717, 1.165) is 5.75 Å². The van der Waals surface area contributed by atoms with Gasteiger partial charge < -0.3 is 9.47 Å². The van der Waals surface area contributed by atoms with Crippen LogP contribution in [0.1, 0.15) is 21.7 Å². The Bertz CT molecular complexity index is 959. The van der Waals surface area contributed by atoms with Crippen molar-refractivity contribution >= 4 is 17.7 Å². The lowest BCUT2D eigenvalue weighted by Crippen LogP contribution is -2.25. The minimum absolute atomic E-state index is 0.267. The van der Waals surface area contributed by atoms with Crippen LogP contribution in [0.15, 0.2) is 53.7 Å². The first-order valence-corrected chi connectivity index (χ1v) is 9.49. The van der Waals surface area contributed by atoms with Crippen molar-refractivity contribution in [2.24, 2.45) is 0 Å². The Morgan fingerprint density at radius 3 is 2.70 bits per heavy atom. The predicted molar refractivity (Wildman–Crippen MR) is 102 cm³/mol. The lowest BCUT2D eigenvalue weighted by molar-refractivity contribution is 0.100. The molecule has 0 spiro atoms. The van der Waals surface area contributed by atoms with Crippen molar-refractivity contribution in [1.29, 1.82) is 0 Å². The molecule has 0 bridgehead atoms. The lowest BCUT2D eigenvalue weighted by Gasteiger charge is -2.19. The van der Waals surface area contributed by atoms with Crippen LogP contribution < -0.4 is 14.9 Å². The first-order chi connectivity index (χ1) is 13.2. The fourth-order valence-corrected chi connectivity index (χ4v) is 3.53. The molecule has 1 aromatic heterocycles. The predicted octanol–water partition coefficient (Wildman–Crippen LogP) is 3.03. The fourth-order valence-electron chi connectivity index (χ4n) is 2.64. The molecule has 3 aromatic rings. The van der Waals surface area contributed by atoms with Gasteiger partial charge in [0.05, 0.1) is 0 Å². The largest absolute Gasteiger partial charge is 0.486 e. The van der Waals surface area contributed by atoms with E-state index in [1.165, 1.54) is 17.3 Å². The quantitative estimate of drug-likeness (QED) is 0.684. The number of aromatic nitrogens is 3. The van der Waals surface area contributed by atoms with Crippen LogP contribution in [-0.2, 0) is 5.75 Å². The molecule has 0 saturated heterocycles. The Kier molecular flexibility index (Phi) is 4.97.